The summed E-state index contributed by atoms with van der Waals surface area (Å²) in [6.07, 6.45) is 4.98. The number of rotatable bonds is 3. The van der Waals surface area contributed by atoms with Crippen LogP contribution in [0.2, 0.25) is 0 Å². The summed E-state index contributed by atoms with van der Waals surface area (Å²) in [4.78, 5) is 11.5. The molecule has 4 heteroatoms. The maximum atomic E-state index is 11.5. The number of para-hydroxylation sites is 1. The maximum Gasteiger partial charge on any atom is 0.326 e. The summed E-state index contributed by atoms with van der Waals surface area (Å²) in [6.45, 7) is 0. The molecule has 3 atom stereocenters. The third-order valence-corrected chi connectivity index (χ3v) is 4.58. The number of fused-ring (bicyclic) bond motifs is 3. The highest BCUT2D eigenvalue weighted by Gasteiger charge is 2.40. The molecule has 0 saturated carbocycles. The molecule has 0 spiro atoms. The molecule has 1 aliphatic carbocycles. The first-order valence-corrected chi connectivity index (χ1v) is 7.75. The Bertz CT molecular complexity index is 769. The Morgan fingerprint density at radius 1 is 1.13 bits per heavy atom. The lowest BCUT2D eigenvalue weighted by molar-refractivity contribution is -0.139. The highest BCUT2D eigenvalue weighted by molar-refractivity contribution is 5.80. The molecule has 3 unspecified atom stereocenters. The lowest BCUT2D eigenvalue weighted by atomic mass is 9.79. The molecule has 116 valence electrons. The summed E-state index contributed by atoms with van der Waals surface area (Å²) in [7, 11) is 0. The lowest BCUT2D eigenvalue weighted by Gasteiger charge is -2.34. The fourth-order valence-corrected chi connectivity index (χ4v) is 3.50. The van der Waals surface area contributed by atoms with Crippen molar-refractivity contribution in [3.8, 4) is 11.5 Å². The van der Waals surface area contributed by atoms with Crippen LogP contribution in [-0.4, -0.2) is 17.1 Å². The number of hydrogen-bond donors (Lipinski definition) is 2. The van der Waals surface area contributed by atoms with Crippen LogP contribution in [0, 0.1) is 5.92 Å². The quantitative estimate of drug-likeness (QED) is 0.841. The van der Waals surface area contributed by atoms with E-state index in [-0.39, 0.29) is 11.8 Å². The van der Waals surface area contributed by atoms with Crippen LogP contribution in [0.25, 0.3) is 0 Å². The Morgan fingerprint density at radius 2 is 1.96 bits per heavy atom. The van der Waals surface area contributed by atoms with Crippen LogP contribution in [0.3, 0.4) is 0 Å². The Hall–Kier alpha value is -2.75. The molecule has 0 bridgehead atoms. The van der Waals surface area contributed by atoms with Gasteiger partial charge in [-0.05, 0) is 42.3 Å². The van der Waals surface area contributed by atoms with Gasteiger partial charge in [0.05, 0.1) is 0 Å². The van der Waals surface area contributed by atoms with E-state index in [1.54, 1.807) is 0 Å². The zero-order valence-corrected chi connectivity index (χ0v) is 12.5. The van der Waals surface area contributed by atoms with E-state index in [4.69, 9.17) is 4.74 Å². The number of carboxylic acids is 1. The molecule has 0 radical (unpaired) electrons. The number of nitrogens with one attached hydrogen (secondary N) is 1. The number of allylic oxidation sites excluding steroid dienone is 2. The average molecular weight is 307 g/mol. The molecular formula is C19H17NO3. The minimum Gasteiger partial charge on any atom is -0.480 e. The van der Waals surface area contributed by atoms with Crippen molar-refractivity contribution in [3.05, 3.63) is 66.2 Å². The predicted molar refractivity (Wildman–Crippen MR) is 88.0 cm³/mol. The number of aliphatic carboxylic acids is 1. The minimum absolute atomic E-state index is 0.0620. The van der Waals surface area contributed by atoms with E-state index in [0.717, 1.165) is 29.2 Å². The monoisotopic (exact) mass is 307 g/mol. The Labute approximate surface area is 134 Å². The number of benzene rings is 2. The molecule has 1 heterocycles. The van der Waals surface area contributed by atoms with Crippen molar-refractivity contribution in [2.75, 3.05) is 5.32 Å². The second-order valence-corrected chi connectivity index (χ2v) is 5.98. The standard InChI is InChI=1S/C19H17NO3/c21-19(22)18-15-8-4-7-14(15)16-11-13(9-10-17(16)20-18)23-12-5-2-1-3-6-12/h1-7,9-11,14-15,18,20H,8H2,(H,21,22). The molecule has 0 fully saturated rings. The van der Waals surface area contributed by atoms with Crippen LogP contribution in [0.5, 0.6) is 11.5 Å². The van der Waals surface area contributed by atoms with Gasteiger partial charge in [0.1, 0.15) is 17.5 Å². The van der Waals surface area contributed by atoms with Gasteiger partial charge in [0.2, 0.25) is 0 Å². The molecule has 23 heavy (non-hydrogen) atoms. The molecule has 4 rings (SSSR count). The van der Waals surface area contributed by atoms with E-state index < -0.39 is 12.0 Å². The molecule has 1 aliphatic heterocycles. The van der Waals surface area contributed by atoms with Gasteiger partial charge >= 0.3 is 5.97 Å². The minimum atomic E-state index is -0.793. The van der Waals surface area contributed by atoms with E-state index in [9.17, 15) is 9.90 Å². The fraction of sp³-hybridized carbons (Fsp3) is 0.211. The van der Waals surface area contributed by atoms with Crippen molar-refractivity contribution in [2.45, 2.75) is 18.4 Å². The third kappa shape index (κ3) is 2.46. The van der Waals surface area contributed by atoms with Crippen molar-refractivity contribution in [2.24, 2.45) is 5.92 Å². The number of carboxylic acid groups (broad SMARTS) is 1. The van der Waals surface area contributed by atoms with Crippen molar-refractivity contribution < 1.29 is 14.6 Å². The van der Waals surface area contributed by atoms with Crippen LogP contribution >= 0.6 is 0 Å². The maximum absolute atomic E-state index is 11.5. The Balaban J connectivity index is 1.68. The second-order valence-electron chi connectivity index (χ2n) is 5.98. The molecule has 2 aromatic rings. The van der Waals surface area contributed by atoms with Gasteiger partial charge < -0.3 is 15.2 Å². The molecule has 2 N–H and O–H groups in total. The van der Waals surface area contributed by atoms with Gasteiger partial charge in [-0.15, -0.1) is 0 Å². The number of anilines is 1. The molecular weight excluding hydrogens is 290 g/mol. The van der Waals surface area contributed by atoms with Crippen LogP contribution in [0.4, 0.5) is 5.69 Å². The molecule has 0 amide bonds. The highest BCUT2D eigenvalue weighted by Crippen LogP contribution is 2.45. The van der Waals surface area contributed by atoms with Gasteiger partial charge in [-0.3, -0.25) is 0 Å². The molecule has 0 saturated heterocycles. The zero-order valence-electron chi connectivity index (χ0n) is 12.5. The smallest absolute Gasteiger partial charge is 0.326 e. The van der Waals surface area contributed by atoms with Crippen LogP contribution < -0.4 is 10.1 Å². The van der Waals surface area contributed by atoms with E-state index in [1.807, 2.05) is 48.5 Å². The molecule has 2 aromatic carbocycles. The van der Waals surface area contributed by atoms with Gasteiger partial charge in [-0.25, -0.2) is 4.79 Å². The van der Waals surface area contributed by atoms with Crippen LogP contribution in [-0.2, 0) is 4.79 Å². The molecule has 0 aromatic heterocycles. The van der Waals surface area contributed by atoms with Gasteiger partial charge in [0.25, 0.3) is 0 Å². The largest absolute Gasteiger partial charge is 0.480 e. The van der Waals surface area contributed by atoms with Crippen molar-refractivity contribution in [1.29, 1.82) is 0 Å². The zero-order chi connectivity index (χ0) is 15.8. The van der Waals surface area contributed by atoms with E-state index >= 15 is 0 Å². The molecule has 2 aliphatic rings. The first-order chi connectivity index (χ1) is 11.2. The van der Waals surface area contributed by atoms with Gasteiger partial charge in [0.15, 0.2) is 0 Å². The summed E-state index contributed by atoms with van der Waals surface area (Å²) in [5.74, 6) is 0.959. The lowest BCUT2D eigenvalue weighted by Crippen LogP contribution is -2.41. The predicted octanol–water partition coefficient (Wildman–Crippen LogP) is 4.02. The van der Waals surface area contributed by atoms with E-state index in [2.05, 4.69) is 17.5 Å². The van der Waals surface area contributed by atoms with Crippen LogP contribution in [0.1, 0.15) is 17.9 Å². The van der Waals surface area contributed by atoms with Crippen molar-refractivity contribution >= 4 is 11.7 Å². The van der Waals surface area contributed by atoms with E-state index in [1.165, 1.54) is 0 Å². The van der Waals surface area contributed by atoms with Crippen molar-refractivity contribution in [3.63, 3.8) is 0 Å². The second kappa shape index (κ2) is 5.47. The Morgan fingerprint density at radius 3 is 2.74 bits per heavy atom. The summed E-state index contributed by atoms with van der Waals surface area (Å²) in [6, 6.07) is 14.9. The van der Waals surface area contributed by atoms with E-state index in [0.29, 0.717) is 0 Å². The first kappa shape index (κ1) is 13.9. The topological polar surface area (TPSA) is 58.6 Å². The fourth-order valence-electron chi connectivity index (χ4n) is 3.50. The summed E-state index contributed by atoms with van der Waals surface area (Å²) >= 11 is 0. The summed E-state index contributed by atoms with van der Waals surface area (Å²) < 4.78 is 5.90. The average Bonchev–Trinajstić information content (AvgIpc) is 3.05. The van der Waals surface area contributed by atoms with Crippen molar-refractivity contribution in [1.82, 2.24) is 0 Å². The third-order valence-electron chi connectivity index (χ3n) is 4.58. The summed E-state index contributed by atoms with van der Waals surface area (Å²) in [5, 5.41) is 12.6. The highest BCUT2D eigenvalue weighted by atomic mass is 16.5. The number of hydrogen-bond acceptors (Lipinski definition) is 3. The van der Waals surface area contributed by atoms with Crippen LogP contribution in [0.15, 0.2) is 60.7 Å². The first-order valence-electron chi connectivity index (χ1n) is 7.75. The Kier molecular flexibility index (Phi) is 3.30. The summed E-state index contributed by atoms with van der Waals surface area (Å²) in [5.41, 5.74) is 1.99. The van der Waals surface area contributed by atoms with Gasteiger partial charge in [-0.2, -0.15) is 0 Å². The molecule has 4 nitrogen and oxygen atoms in total. The van der Waals surface area contributed by atoms with Gasteiger partial charge in [0, 0.05) is 17.5 Å². The number of ether oxygens (including phenoxy) is 1. The SMILES string of the molecule is O=C(O)C1Nc2ccc(Oc3ccccc3)cc2C2C=CCC12. The number of carbonyl (C=O) groups is 1. The van der Waals surface area contributed by atoms with Gasteiger partial charge in [-0.1, -0.05) is 30.4 Å². The normalized spacial score (nSPS) is 24.4.